The molecule has 60 valence electrons. The average molecular weight is 218 g/mol. The summed E-state index contributed by atoms with van der Waals surface area (Å²) < 4.78 is 12.7. The Balaban J connectivity index is 2.56. The number of halogens is 2. The summed E-state index contributed by atoms with van der Waals surface area (Å²) in [5.41, 5.74) is 0.942. The Morgan fingerprint density at radius 3 is 2.91 bits per heavy atom. The highest BCUT2D eigenvalue weighted by Crippen LogP contribution is 2.14. The van der Waals surface area contributed by atoms with Gasteiger partial charge in [-0.1, -0.05) is 22.0 Å². The molecule has 3 heteroatoms. The number of nitrogens with one attached hydrogen (secondary N) is 1. The number of hydrogen-bond acceptors (Lipinski definition) is 1. The fraction of sp³-hybridized carbons (Fsp3) is 0.250. The quantitative estimate of drug-likeness (QED) is 0.822. The van der Waals surface area contributed by atoms with E-state index in [-0.39, 0.29) is 6.67 Å². The molecule has 1 N–H and O–H groups in total. The molecular weight excluding hydrogens is 209 g/mol. The molecule has 0 spiro atoms. The Morgan fingerprint density at radius 1 is 1.45 bits per heavy atom. The molecule has 0 bridgehead atoms. The maximum Gasteiger partial charge on any atom is 0.107 e. The first kappa shape index (κ1) is 8.53. The first-order valence-electron chi connectivity index (χ1n) is 3.38. The van der Waals surface area contributed by atoms with Crippen molar-refractivity contribution in [3.63, 3.8) is 0 Å². The Bertz CT molecular complexity index is 227. The molecule has 0 aromatic heterocycles. The van der Waals surface area contributed by atoms with E-state index in [9.17, 15) is 4.39 Å². The highest BCUT2D eigenvalue weighted by atomic mass is 79.9. The van der Waals surface area contributed by atoms with E-state index in [2.05, 4.69) is 21.2 Å². The summed E-state index contributed by atoms with van der Waals surface area (Å²) in [5.74, 6) is 0. The van der Waals surface area contributed by atoms with Crippen LogP contribution < -0.4 is 5.32 Å². The van der Waals surface area contributed by atoms with Gasteiger partial charge in [-0.2, -0.15) is 0 Å². The zero-order valence-corrected chi connectivity index (χ0v) is 7.57. The number of alkyl halides is 1. The van der Waals surface area contributed by atoms with Gasteiger partial charge in [0.25, 0.3) is 0 Å². The minimum Gasteiger partial charge on any atom is -0.382 e. The Morgan fingerprint density at radius 2 is 2.27 bits per heavy atom. The maximum atomic E-state index is 11.7. The lowest BCUT2D eigenvalue weighted by Crippen LogP contribution is -2.02. The minimum atomic E-state index is -0.341. The van der Waals surface area contributed by atoms with Gasteiger partial charge in [-0.3, -0.25) is 0 Å². The van der Waals surface area contributed by atoms with Crippen molar-refractivity contribution in [1.82, 2.24) is 0 Å². The lowest BCUT2D eigenvalue weighted by Gasteiger charge is -2.02. The molecule has 1 aromatic carbocycles. The molecule has 11 heavy (non-hydrogen) atoms. The summed E-state index contributed by atoms with van der Waals surface area (Å²) in [6.45, 7) is 0.0307. The second-order valence-electron chi connectivity index (χ2n) is 2.13. The zero-order chi connectivity index (χ0) is 8.10. The summed E-state index contributed by atoms with van der Waals surface area (Å²) in [6.07, 6.45) is 0. The third-order valence-corrected chi connectivity index (χ3v) is 1.74. The van der Waals surface area contributed by atoms with Crippen molar-refractivity contribution < 1.29 is 4.39 Å². The van der Waals surface area contributed by atoms with Gasteiger partial charge in [0.1, 0.15) is 6.67 Å². The minimum absolute atomic E-state index is 0.341. The second kappa shape index (κ2) is 4.34. The molecule has 0 aliphatic heterocycles. The van der Waals surface area contributed by atoms with Crippen molar-refractivity contribution in [3.8, 4) is 0 Å². The van der Waals surface area contributed by atoms with Gasteiger partial charge < -0.3 is 5.32 Å². The van der Waals surface area contributed by atoms with Crippen LogP contribution in [0.5, 0.6) is 0 Å². The maximum absolute atomic E-state index is 11.7. The Hall–Kier alpha value is -0.570. The van der Waals surface area contributed by atoms with E-state index in [0.29, 0.717) is 6.54 Å². The van der Waals surface area contributed by atoms with Gasteiger partial charge in [0.2, 0.25) is 0 Å². The van der Waals surface area contributed by atoms with E-state index in [1.807, 2.05) is 24.3 Å². The predicted octanol–water partition coefficient (Wildman–Crippen LogP) is 2.83. The predicted molar refractivity (Wildman–Crippen MR) is 48.6 cm³/mol. The van der Waals surface area contributed by atoms with Crippen LogP contribution in [0.4, 0.5) is 10.1 Å². The molecule has 0 saturated carbocycles. The zero-order valence-electron chi connectivity index (χ0n) is 5.98. The molecule has 0 amide bonds. The average Bonchev–Trinajstić information content (AvgIpc) is 2.01. The van der Waals surface area contributed by atoms with Crippen LogP contribution in [0, 0.1) is 0 Å². The van der Waals surface area contributed by atoms with Crippen molar-refractivity contribution in [1.29, 1.82) is 0 Å². The monoisotopic (exact) mass is 217 g/mol. The van der Waals surface area contributed by atoms with Crippen LogP contribution in [-0.4, -0.2) is 13.2 Å². The molecule has 0 atom stereocenters. The van der Waals surface area contributed by atoms with Gasteiger partial charge in [-0.25, -0.2) is 4.39 Å². The summed E-state index contributed by atoms with van der Waals surface area (Å²) in [5, 5.41) is 2.93. The smallest absolute Gasteiger partial charge is 0.107 e. The van der Waals surface area contributed by atoms with Crippen molar-refractivity contribution >= 4 is 21.6 Å². The largest absolute Gasteiger partial charge is 0.382 e. The normalized spacial score (nSPS) is 9.64. The van der Waals surface area contributed by atoms with Gasteiger partial charge >= 0.3 is 0 Å². The molecule has 0 radical (unpaired) electrons. The molecule has 1 rings (SSSR count). The third-order valence-electron chi connectivity index (χ3n) is 1.25. The van der Waals surface area contributed by atoms with Crippen LogP contribution in [-0.2, 0) is 0 Å². The molecule has 0 aliphatic carbocycles. The second-order valence-corrected chi connectivity index (χ2v) is 3.04. The van der Waals surface area contributed by atoms with Crippen LogP contribution in [0.15, 0.2) is 28.7 Å². The van der Waals surface area contributed by atoms with Crippen molar-refractivity contribution in [3.05, 3.63) is 28.7 Å². The molecule has 0 heterocycles. The van der Waals surface area contributed by atoms with Crippen LogP contribution >= 0.6 is 15.9 Å². The molecular formula is C8H9BrFN. The van der Waals surface area contributed by atoms with E-state index in [1.54, 1.807) is 0 Å². The van der Waals surface area contributed by atoms with Crippen molar-refractivity contribution in [2.24, 2.45) is 0 Å². The summed E-state index contributed by atoms with van der Waals surface area (Å²) >= 11 is 3.32. The van der Waals surface area contributed by atoms with E-state index in [0.717, 1.165) is 10.2 Å². The molecule has 0 aliphatic rings. The van der Waals surface area contributed by atoms with Gasteiger partial charge in [0.05, 0.1) is 0 Å². The molecule has 0 saturated heterocycles. The Kier molecular flexibility index (Phi) is 3.36. The summed E-state index contributed by atoms with van der Waals surface area (Å²) in [6, 6.07) is 7.65. The summed E-state index contributed by atoms with van der Waals surface area (Å²) in [4.78, 5) is 0. The van der Waals surface area contributed by atoms with Crippen LogP contribution in [0.2, 0.25) is 0 Å². The van der Waals surface area contributed by atoms with Gasteiger partial charge in [-0.05, 0) is 18.2 Å². The lowest BCUT2D eigenvalue weighted by molar-refractivity contribution is 0.513. The van der Waals surface area contributed by atoms with Crippen LogP contribution in [0.25, 0.3) is 0 Å². The molecule has 0 unspecified atom stereocenters. The molecule has 1 aromatic rings. The van der Waals surface area contributed by atoms with Gasteiger partial charge in [0, 0.05) is 16.7 Å². The first-order chi connectivity index (χ1) is 5.33. The lowest BCUT2D eigenvalue weighted by atomic mass is 10.3. The van der Waals surface area contributed by atoms with E-state index < -0.39 is 0 Å². The third kappa shape index (κ3) is 2.89. The van der Waals surface area contributed by atoms with E-state index >= 15 is 0 Å². The summed E-state index contributed by atoms with van der Waals surface area (Å²) in [7, 11) is 0. The van der Waals surface area contributed by atoms with Crippen LogP contribution in [0.3, 0.4) is 0 Å². The number of hydrogen-bond donors (Lipinski definition) is 1. The molecule has 1 nitrogen and oxygen atoms in total. The topological polar surface area (TPSA) is 12.0 Å². The highest BCUT2D eigenvalue weighted by molar-refractivity contribution is 9.10. The van der Waals surface area contributed by atoms with E-state index in [4.69, 9.17) is 0 Å². The van der Waals surface area contributed by atoms with Crippen molar-refractivity contribution in [2.45, 2.75) is 0 Å². The highest BCUT2D eigenvalue weighted by Gasteiger charge is 1.90. The Labute approximate surface area is 73.7 Å². The molecule has 0 fully saturated rings. The van der Waals surface area contributed by atoms with Gasteiger partial charge in [-0.15, -0.1) is 0 Å². The standard InChI is InChI=1S/C8H9BrFN/c9-7-2-1-3-8(6-7)11-5-4-10/h1-3,6,11H,4-5H2. The van der Waals surface area contributed by atoms with Gasteiger partial charge in [0.15, 0.2) is 0 Å². The SMILES string of the molecule is FCCNc1cccc(Br)c1. The van der Waals surface area contributed by atoms with E-state index in [1.165, 1.54) is 0 Å². The first-order valence-corrected chi connectivity index (χ1v) is 4.17. The fourth-order valence-corrected chi connectivity index (χ4v) is 1.19. The number of anilines is 1. The number of benzene rings is 1. The van der Waals surface area contributed by atoms with Crippen LogP contribution in [0.1, 0.15) is 0 Å². The number of rotatable bonds is 3. The van der Waals surface area contributed by atoms with Crippen molar-refractivity contribution in [2.75, 3.05) is 18.5 Å². The fourth-order valence-electron chi connectivity index (χ4n) is 0.790.